The highest BCUT2D eigenvalue weighted by atomic mass is 19.1. The van der Waals surface area contributed by atoms with Gasteiger partial charge >= 0.3 is 0 Å². The van der Waals surface area contributed by atoms with Crippen LogP contribution in [0.1, 0.15) is 66.1 Å². The van der Waals surface area contributed by atoms with Crippen LogP contribution in [0.5, 0.6) is 0 Å². The molecule has 1 N–H and O–H groups in total. The van der Waals surface area contributed by atoms with Crippen molar-refractivity contribution in [3.63, 3.8) is 0 Å². The molecule has 4 heterocycles. The summed E-state index contributed by atoms with van der Waals surface area (Å²) >= 11 is 0. The van der Waals surface area contributed by atoms with Crippen molar-refractivity contribution in [2.45, 2.75) is 58.2 Å². The van der Waals surface area contributed by atoms with E-state index in [2.05, 4.69) is 40.3 Å². The predicted molar refractivity (Wildman–Crippen MR) is 139 cm³/mol. The zero-order valence-corrected chi connectivity index (χ0v) is 21.9. The van der Waals surface area contributed by atoms with Gasteiger partial charge in [-0.3, -0.25) is 24.6 Å². The van der Waals surface area contributed by atoms with Crippen molar-refractivity contribution in [3.05, 3.63) is 70.9 Å². The zero-order chi connectivity index (χ0) is 27.3. The van der Waals surface area contributed by atoms with E-state index in [-0.39, 0.29) is 41.2 Å². The maximum Gasteiger partial charge on any atom is 0.255 e. The minimum absolute atomic E-state index is 0.0540. The van der Waals surface area contributed by atoms with Crippen molar-refractivity contribution in [2.24, 2.45) is 5.41 Å². The summed E-state index contributed by atoms with van der Waals surface area (Å²) in [5.41, 5.74) is 3.90. The largest absolute Gasteiger partial charge is 0.342 e. The number of halogens is 1. The summed E-state index contributed by atoms with van der Waals surface area (Å²) in [6, 6.07) is 10.6. The predicted octanol–water partition coefficient (Wildman–Crippen LogP) is 3.65. The number of amides is 3. The van der Waals surface area contributed by atoms with E-state index in [1.54, 1.807) is 11.0 Å². The number of benzene rings is 2. The summed E-state index contributed by atoms with van der Waals surface area (Å²) in [5.74, 6) is -0.694. The quantitative estimate of drug-likeness (QED) is 0.501. The molecule has 0 saturated carbocycles. The summed E-state index contributed by atoms with van der Waals surface area (Å²) < 4.78 is 19.5. The van der Waals surface area contributed by atoms with Gasteiger partial charge in [-0.2, -0.15) is 4.98 Å². The van der Waals surface area contributed by atoms with E-state index in [1.807, 2.05) is 18.2 Å². The maximum atomic E-state index is 14.7. The minimum atomic E-state index is -0.614. The molecule has 0 aliphatic carbocycles. The van der Waals surface area contributed by atoms with Gasteiger partial charge in [0.2, 0.25) is 24.0 Å². The highest BCUT2D eigenvalue weighted by Gasteiger charge is 2.41. The number of fused-ring (bicyclic) bond motifs is 1. The number of rotatable bonds is 5. The molecule has 3 aliphatic heterocycles. The van der Waals surface area contributed by atoms with Crippen LogP contribution < -0.4 is 5.32 Å². The molecule has 2 aromatic carbocycles. The molecule has 3 aliphatic rings. The fourth-order valence-electron chi connectivity index (χ4n) is 6.42. The molecule has 39 heavy (non-hydrogen) atoms. The van der Waals surface area contributed by atoms with Crippen LogP contribution >= 0.6 is 0 Å². The van der Waals surface area contributed by atoms with Gasteiger partial charge in [0.1, 0.15) is 11.9 Å². The number of hydrogen-bond acceptors (Lipinski definition) is 7. The average Bonchev–Trinajstić information content (AvgIpc) is 3.52. The molecule has 0 spiro atoms. The Morgan fingerprint density at radius 1 is 1.10 bits per heavy atom. The Morgan fingerprint density at radius 2 is 1.92 bits per heavy atom. The molecule has 2 atom stereocenters. The van der Waals surface area contributed by atoms with Gasteiger partial charge in [-0.1, -0.05) is 37.2 Å². The van der Waals surface area contributed by atoms with Gasteiger partial charge in [0.05, 0.1) is 5.56 Å². The first kappa shape index (κ1) is 25.4. The van der Waals surface area contributed by atoms with Crippen molar-refractivity contribution in [1.82, 2.24) is 25.3 Å². The van der Waals surface area contributed by atoms with E-state index in [1.165, 1.54) is 18.0 Å². The van der Waals surface area contributed by atoms with Gasteiger partial charge < -0.3 is 9.42 Å². The van der Waals surface area contributed by atoms with Crippen LogP contribution in [0, 0.1) is 11.2 Å². The highest BCUT2D eigenvalue weighted by Crippen LogP contribution is 2.43. The summed E-state index contributed by atoms with van der Waals surface area (Å²) in [4.78, 5) is 44.9. The number of likely N-dealkylation sites (tertiary alicyclic amines) is 1. The van der Waals surface area contributed by atoms with Crippen LogP contribution in [0.25, 0.3) is 11.4 Å². The second-order valence-corrected chi connectivity index (χ2v) is 11.4. The number of nitrogens with one attached hydrogen (secondary N) is 1. The van der Waals surface area contributed by atoms with Crippen LogP contribution in [0.2, 0.25) is 0 Å². The Kier molecular flexibility index (Phi) is 6.29. The standard InChI is InChI=1S/C29H30FN5O4/c1-29(2)15-34(13-17-3-5-21(23(30)11-17)26-31-16-39-33-26)10-9-22(29)18-4-6-20-19(12-18)14-35(28(20)38)24-7-8-25(36)32-27(24)37/h3-6,11-12,16,22,24H,7-10,13-15H2,1-2H3,(H,32,36,37). The Balaban J connectivity index is 1.14. The zero-order valence-electron chi connectivity index (χ0n) is 21.9. The average molecular weight is 532 g/mol. The number of hydrogen-bond donors (Lipinski definition) is 1. The van der Waals surface area contributed by atoms with Gasteiger partial charge in [0, 0.05) is 31.6 Å². The van der Waals surface area contributed by atoms with Crippen molar-refractivity contribution in [2.75, 3.05) is 13.1 Å². The summed E-state index contributed by atoms with van der Waals surface area (Å²) in [5, 5.41) is 6.08. The van der Waals surface area contributed by atoms with Crippen LogP contribution in [0.3, 0.4) is 0 Å². The number of carbonyl (C=O) groups is 3. The third-order valence-corrected chi connectivity index (χ3v) is 8.30. The second kappa shape index (κ2) is 9.68. The fraction of sp³-hybridized carbons (Fsp3) is 0.414. The Morgan fingerprint density at radius 3 is 2.64 bits per heavy atom. The number of piperidine rings is 2. The molecule has 9 nitrogen and oxygen atoms in total. The Labute approximate surface area is 225 Å². The molecule has 2 unspecified atom stereocenters. The molecular weight excluding hydrogens is 501 g/mol. The normalized spacial score (nSPS) is 23.2. The van der Waals surface area contributed by atoms with Crippen molar-refractivity contribution < 1.29 is 23.3 Å². The van der Waals surface area contributed by atoms with E-state index in [0.29, 0.717) is 30.6 Å². The van der Waals surface area contributed by atoms with E-state index in [0.717, 1.165) is 30.6 Å². The molecule has 0 radical (unpaired) electrons. The second-order valence-electron chi connectivity index (χ2n) is 11.4. The van der Waals surface area contributed by atoms with Crippen LogP contribution in [0.4, 0.5) is 4.39 Å². The summed E-state index contributed by atoms with van der Waals surface area (Å²) in [6.07, 6.45) is 2.71. The number of aromatic nitrogens is 2. The first-order valence-corrected chi connectivity index (χ1v) is 13.2. The monoisotopic (exact) mass is 531 g/mol. The lowest BCUT2D eigenvalue weighted by Gasteiger charge is -2.45. The van der Waals surface area contributed by atoms with Gasteiger partial charge in [-0.15, -0.1) is 0 Å². The van der Waals surface area contributed by atoms with Gasteiger partial charge in [-0.05, 0) is 65.6 Å². The Hall–Kier alpha value is -3.92. The minimum Gasteiger partial charge on any atom is -0.342 e. The molecule has 3 aromatic rings. The highest BCUT2D eigenvalue weighted by molar-refractivity contribution is 6.05. The smallest absolute Gasteiger partial charge is 0.255 e. The van der Waals surface area contributed by atoms with E-state index < -0.39 is 11.9 Å². The molecule has 202 valence electrons. The lowest BCUT2D eigenvalue weighted by atomic mass is 9.70. The molecule has 10 heteroatoms. The number of nitrogens with zero attached hydrogens (tertiary/aromatic N) is 4. The van der Waals surface area contributed by atoms with Crippen LogP contribution in [0.15, 0.2) is 47.3 Å². The third-order valence-electron chi connectivity index (χ3n) is 8.30. The molecule has 2 fully saturated rings. The van der Waals surface area contributed by atoms with Gasteiger partial charge in [0.25, 0.3) is 5.91 Å². The van der Waals surface area contributed by atoms with E-state index in [9.17, 15) is 18.8 Å². The number of imide groups is 1. The first-order valence-electron chi connectivity index (χ1n) is 13.2. The van der Waals surface area contributed by atoms with E-state index in [4.69, 9.17) is 4.52 Å². The van der Waals surface area contributed by atoms with Gasteiger partial charge in [0.15, 0.2) is 0 Å². The van der Waals surface area contributed by atoms with Crippen molar-refractivity contribution >= 4 is 17.7 Å². The van der Waals surface area contributed by atoms with Crippen LogP contribution in [-0.4, -0.2) is 56.8 Å². The van der Waals surface area contributed by atoms with Crippen molar-refractivity contribution in [1.29, 1.82) is 0 Å². The lowest BCUT2D eigenvalue weighted by Crippen LogP contribution is -2.52. The van der Waals surface area contributed by atoms with Gasteiger partial charge in [-0.25, -0.2) is 4.39 Å². The fourth-order valence-corrected chi connectivity index (χ4v) is 6.42. The lowest BCUT2D eigenvalue weighted by molar-refractivity contribution is -0.136. The maximum absolute atomic E-state index is 14.7. The third kappa shape index (κ3) is 4.73. The Bertz CT molecular complexity index is 1450. The van der Waals surface area contributed by atoms with Crippen LogP contribution in [-0.2, 0) is 22.7 Å². The molecule has 0 bridgehead atoms. The molecule has 2 saturated heterocycles. The van der Waals surface area contributed by atoms with E-state index >= 15 is 0 Å². The SMILES string of the molecule is CC1(C)CN(Cc2ccc(-c3ncon3)c(F)c2)CCC1c1ccc2c(c1)CN(C1CCC(=O)NC1=O)C2=O. The molecule has 6 rings (SSSR count). The molecule has 1 aromatic heterocycles. The van der Waals surface area contributed by atoms with Crippen molar-refractivity contribution in [3.8, 4) is 11.4 Å². The first-order chi connectivity index (χ1) is 18.7. The summed E-state index contributed by atoms with van der Waals surface area (Å²) in [6.45, 7) is 7.21. The number of carbonyl (C=O) groups excluding carboxylic acids is 3. The molecular formula is C29H30FN5O4. The topological polar surface area (TPSA) is 109 Å². The summed E-state index contributed by atoms with van der Waals surface area (Å²) in [7, 11) is 0. The molecule has 3 amide bonds.